The largest absolute Gasteiger partial charge is 0.480 e. The van der Waals surface area contributed by atoms with Gasteiger partial charge in [-0.05, 0) is 31.0 Å². The SMILES string of the molecule is CCOc1ncnc2sc(C(=O)NC(Cc3c[nH]c4ccccc34)C(=O)O)c(C)c12. The zero-order chi connectivity index (χ0) is 21.3. The molecule has 1 aromatic carbocycles. The molecule has 9 heteroatoms. The second kappa shape index (κ2) is 8.11. The van der Waals surface area contributed by atoms with Gasteiger partial charge in [-0.1, -0.05) is 18.2 Å². The number of ether oxygens (including phenoxy) is 1. The van der Waals surface area contributed by atoms with Crippen molar-refractivity contribution >= 4 is 44.3 Å². The number of aryl methyl sites for hydroxylation is 1. The van der Waals surface area contributed by atoms with Crippen LogP contribution in [0.3, 0.4) is 0 Å². The second-order valence-corrected chi connectivity index (χ2v) is 7.78. The number of nitrogens with one attached hydrogen (secondary N) is 2. The molecule has 154 valence electrons. The molecule has 0 bridgehead atoms. The second-order valence-electron chi connectivity index (χ2n) is 6.78. The highest BCUT2D eigenvalue weighted by Crippen LogP contribution is 2.34. The number of thiophene rings is 1. The third kappa shape index (κ3) is 3.59. The first-order valence-electron chi connectivity index (χ1n) is 9.45. The van der Waals surface area contributed by atoms with Crippen molar-refractivity contribution in [3.63, 3.8) is 0 Å². The van der Waals surface area contributed by atoms with Crippen molar-refractivity contribution in [2.24, 2.45) is 0 Å². The number of benzene rings is 1. The molecule has 1 amide bonds. The zero-order valence-corrected chi connectivity index (χ0v) is 17.2. The summed E-state index contributed by atoms with van der Waals surface area (Å²) in [5.41, 5.74) is 2.42. The van der Waals surface area contributed by atoms with Crippen LogP contribution in [0.4, 0.5) is 0 Å². The number of aromatic nitrogens is 3. The number of hydrogen-bond acceptors (Lipinski definition) is 6. The van der Waals surface area contributed by atoms with Gasteiger partial charge < -0.3 is 20.1 Å². The summed E-state index contributed by atoms with van der Waals surface area (Å²) < 4.78 is 5.55. The van der Waals surface area contributed by atoms with Gasteiger partial charge in [0.15, 0.2) is 0 Å². The minimum atomic E-state index is -1.10. The van der Waals surface area contributed by atoms with Crippen molar-refractivity contribution in [3.05, 3.63) is 52.8 Å². The molecular weight excluding hydrogens is 404 g/mol. The first-order chi connectivity index (χ1) is 14.5. The summed E-state index contributed by atoms with van der Waals surface area (Å²) in [5, 5.41) is 14.0. The van der Waals surface area contributed by atoms with E-state index in [1.807, 2.05) is 31.2 Å². The van der Waals surface area contributed by atoms with E-state index in [0.717, 1.165) is 16.5 Å². The molecule has 0 saturated carbocycles. The van der Waals surface area contributed by atoms with Crippen LogP contribution in [0.5, 0.6) is 5.88 Å². The predicted octanol–water partition coefficient (Wildman–Crippen LogP) is 3.31. The minimum absolute atomic E-state index is 0.166. The van der Waals surface area contributed by atoms with Crippen molar-refractivity contribution in [3.8, 4) is 5.88 Å². The molecular formula is C21H20N4O4S. The lowest BCUT2D eigenvalue weighted by Gasteiger charge is -2.14. The topological polar surface area (TPSA) is 117 Å². The van der Waals surface area contributed by atoms with Gasteiger partial charge in [-0.3, -0.25) is 4.79 Å². The number of carboxylic acid groups (broad SMARTS) is 1. The standard InChI is InChI=1S/C21H20N4O4S/c1-3-29-19-16-11(2)17(30-20(16)24-10-23-19)18(26)25-15(21(27)28)8-12-9-22-14-7-5-4-6-13(12)14/h4-7,9-10,15,22H,3,8H2,1-2H3,(H,25,26)(H,27,28). The van der Waals surface area contributed by atoms with Gasteiger partial charge in [-0.2, -0.15) is 0 Å². The van der Waals surface area contributed by atoms with E-state index in [9.17, 15) is 14.7 Å². The highest BCUT2D eigenvalue weighted by Gasteiger charge is 2.26. The molecule has 0 radical (unpaired) electrons. The van der Waals surface area contributed by atoms with Crippen LogP contribution < -0.4 is 10.1 Å². The molecule has 0 aliphatic rings. The maximum Gasteiger partial charge on any atom is 0.326 e. The fourth-order valence-corrected chi connectivity index (χ4v) is 4.49. The maximum absolute atomic E-state index is 13.0. The number of amides is 1. The summed E-state index contributed by atoms with van der Waals surface area (Å²) in [6.07, 6.45) is 3.34. The lowest BCUT2D eigenvalue weighted by atomic mass is 10.0. The molecule has 0 saturated heterocycles. The Hall–Kier alpha value is -3.46. The molecule has 0 fully saturated rings. The van der Waals surface area contributed by atoms with Gasteiger partial charge in [0.2, 0.25) is 5.88 Å². The Bertz CT molecular complexity index is 1250. The molecule has 0 aliphatic carbocycles. The first kappa shape index (κ1) is 19.8. The zero-order valence-electron chi connectivity index (χ0n) is 16.4. The number of rotatable bonds is 7. The fraction of sp³-hybridized carbons (Fsp3) is 0.238. The van der Waals surface area contributed by atoms with Crippen LogP contribution in [0.2, 0.25) is 0 Å². The average Bonchev–Trinajstić information content (AvgIpc) is 3.29. The van der Waals surface area contributed by atoms with E-state index in [2.05, 4.69) is 20.3 Å². The van der Waals surface area contributed by atoms with Crippen LogP contribution in [-0.4, -0.2) is 44.6 Å². The van der Waals surface area contributed by atoms with Crippen LogP contribution in [0.15, 0.2) is 36.8 Å². The van der Waals surface area contributed by atoms with E-state index >= 15 is 0 Å². The van der Waals surface area contributed by atoms with Crippen LogP contribution in [0.1, 0.15) is 27.7 Å². The number of fused-ring (bicyclic) bond motifs is 2. The summed E-state index contributed by atoms with van der Waals surface area (Å²) in [6.45, 7) is 4.08. The Kier molecular flexibility index (Phi) is 5.37. The van der Waals surface area contributed by atoms with Crippen LogP contribution in [-0.2, 0) is 11.2 Å². The van der Waals surface area contributed by atoms with Gasteiger partial charge in [-0.15, -0.1) is 11.3 Å². The molecule has 4 rings (SSSR count). The number of aromatic amines is 1. The van der Waals surface area contributed by atoms with Crippen LogP contribution in [0, 0.1) is 6.92 Å². The van der Waals surface area contributed by atoms with Crippen molar-refractivity contribution in [1.82, 2.24) is 20.3 Å². The Balaban J connectivity index is 1.61. The Labute approximate surface area is 175 Å². The minimum Gasteiger partial charge on any atom is -0.480 e. The van der Waals surface area contributed by atoms with Gasteiger partial charge >= 0.3 is 5.97 Å². The molecule has 1 atom stereocenters. The van der Waals surface area contributed by atoms with E-state index in [0.29, 0.717) is 33.1 Å². The number of nitrogens with zero attached hydrogens (tertiary/aromatic N) is 2. The molecule has 8 nitrogen and oxygen atoms in total. The predicted molar refractivity (Wildman–Crippen MR) is 114 cm³/mol. The van der Waals surface area contributed by atoms with Crippen molar-refractivity contribution < 1.29 is 19.4 Å². The molecule has 1 unspecified atom stereocenters. The van der Waals surface area contributed by atoms with Gasteiger partial charge in [-0.25, -0.2) is 14.8 Å². The normalized spacial score (nSPS) is 12.2. The Morgan fingerprint density at radius 2 is 2.10 bits per heavy atom. The lowest BCUT2D eigenvalue weighted by Crippen LogP contribution is -2.42. The number of carbonyl (C=O) groups is 2. The fourth-order valence-electron chi connectivity index (χ4n) is 3.45. The van der Waals surface area contributed by atoms with E-state index < -0.39 is 17.9 Å². The number of para-hydroxylation sites is 1. The third-order valence-electron chi connectivity index (χ3n) is 4.88. The number of hydrogen-bond donors (Lipinski definition) is 3. The molecule has 0 aliphatic heterocycles. The number of carbonyl (C=O) groups excluding carboxylic acids is 1. The third-order valence-corrected chi connectivity index (χ3v) is 6.08. The molecule has 3 aromatic heterocycles. The highest BCUT2D eigenvalue weighted by molar-refractivity contribution is 7.20. The van der Waals surface area contributed by atoms with E-state index in [-0.39, 0.29) is 6.42 Å². The molecule has 4 aromatic rings. The summed E-state index contributed by atoms with van der Waals surface area (Å²) in [5.74, 6) is -1.13. The average molecular weight is 424 g/mol. The number of aliphatic carboxylic acids is 1. The van der Waals surface area contributed by atoms with Gasteiger partial charge in [0.1, 0.15) is 17.2 Å². The molecule has 30 heavy (non-hydrogen) atoms. The number of carboxylic acids is 1. The number of H-pyrrole nitrogens is 1. The van der Waals surface area contributed by atoms with E-state index in [4.69, 9.17) is 4.74 Å². The summed E-state index contributed by atoms with van der Waals surface area (Å²) in [4.78, 5) is 37.3. The maximum atomic E-state index is 13.0. The lowest BCUT2D eigenvalue weighted by molar-refractivity contribution is -0.139. The molecule has 3 heterocycles. The van der Waals surface area contributed by atoms with E-state index in [1.165, 1.54) is 17.7 Å². The van der Waals surface area contributed by atoms with Crippen LogP contribution >= 0.6 is 11.3 Å². The Morgan fingerprint density at radius 3 is 2.87 bits per heavy atom. The summed E-state index contributed by atoms with van der Waals surface area (Å²) >= 11 is 1.19. The molecule has 3 N–H and O–H groups in total. The first-order valence-corrected chi connectivity index (χ1v) is 10.3. The summed E-state index contributed by atoms with van der Waals surface area (Å²) in [7, 11) is 0. The van der Waals surface area contributed by atoms with Crippen molar-refractivity contribution in [1.29, 1.82) is 0 Å². The van der Waals surface area contributed by atoms with Gasteiger partial charge in [0, 0.05) is 23.5 Å². The quantitative estimate of drug-likeness (QED) is 0.419. The van der Waals surface area contributed by atoms with Gasteiger partial charge in [0.05, 0.1) is 16.9 Å². The summed E-state index contributed by atoms with van der Waals surface area (Å²) in [6, 6.07) is 6.57. The Morgan fingerprint density at radius 1 is 1.30 bits per heavy atom. The monoisotopic (exact) mass is 424 g/mol. The van der Waals surface area contributed by atoms with Gasteiger partial charge in [0.25, 0.3) is 5.91 Å². The smallest absolute Gasteiger partial charge is 0.326 e. The van der Waals surface area contributed by atoms with Crippen molar-refractivity contribution in [2.45, 2.75) is 26.3 Å². The van der Waals surface area contributed by atoms with Crippen LogP contribution in [0.25, 0.3) is 21.1 Å². The molecule has 0 spiro atoms. The highest BCUT2D eigenvalue weighted by atomic mass is 32.1. The van der Waals surface area contributed by atoms with E-state index in [1.54, 1.807) is 13.1 Å². The van der Waals surface area contributed by atoms with Crippen molar-refractivity contribution in [2.75, 3.05) is 6.61 Å².